The Morgan fingerprint density at radius 2 is 1.00 bits per heavy atom. The number of rotatable bonds is 11. The molecule has 0 fully saturated rings. The predicted octanol–water partition coefficient (Wildman–Crippen LogP) is 4.72. The average molecular weight is 275 g/mol. The van der Waals surface area contributed by atoms with Gasteiger partial charge in [0.25, 0.3) is 0 Å². The average Bonchev–Trinajstić information content (AvgIpc) is 2.17. The fourth-order valence-electron chi connectivity index (χ4n) is 2.23. The van der Waals surface area contributed by atoms with E-state index in [0.717, 1.165) is 4.48 Å². The van der Waals surface area contributed by atoms with Crippen LogP contribution in [0.3, 0.4) is 0 Å². The summed E-state index contributed by atoms with van der Waals surface area (Å²) in [6, 6.07) is 0. The molecule has 0 aliphatic carbocycles. The van der Waals surface area contributed by atoms with Crippen molar-refractivity contribution >= 4 is 7.26 Å². The Kier molecular flexibility index (Phi) is 9.52. The molecule has 0 amide bonds. The highest BCUT2D eigenvalue weighted by Gasteiger charge is 2.15. The highest BCUT2D eigenvalue weighted by Crippen LogP contribution is 2.47. The second kappa shape index (κ2) is 9.32. The van der Waals surface area contributed by atoms with Crippen LogP contribution in [0.1, 0.15) is 51.4 Å². The molecule has 18 heavy (non-hydrogen) atoms. The first-order chi connectivity index (χ1) is 8.21. The van der Waals surface area contributed by atoms with Crippen molar-refractivity contribution in [2.75, 3.05) is 53.8 Å². The van der Waals surface area contributed by atoms with Gasteiger partial charge >= 0.3 is 0 Å². The normalized spacial score (nSPS) is 13.0. The molecule has 2 heteroatoms. The molecular formula is C16H38NP+2. The number of hydrogen-bond donors (Lipinski definition) is 0. The van der Waals surface area contributed by atoms with Crippen molar-refractivity contribution in [3.05, 3.63) is 0 Å². The lowest BCUT2D eigenvalue weighted by molar-refractivity contribution is -0.870. The Morgan fingerprint density at radius 1 is 0.611 bits per heavy atom. The summed E-state index contributed by atoms with van der Waals surface area (Å²) in [5.41, 5.74) is 0. The molecule has 110 valence electrons. The molecule has 0 N–H and O–H groups in total. The zero-order valence-electron chi connectivity index (χ0n) is 14.0. The molecule has 0 aromatic carbocycles. The summed E-state index contributed by atoms with van der Waals surface area (Å²) in [7, 11) is 6.36. The third-order valence-corrected chi connectivity index (χ3v) is 5.07. The molecule has 0 aliphatic heterocycles. The van der Waals surface area contributed by atoms with Gasteiger partial charge in [0.05, 0.1) is 33.8 Å². The van der Waals surface area contributed by atoms with Crippen LogP contribution in [0.4, 0.5) is 0 Å². The van der Waals surface area contributed by atoms with Gasteiger partial charge in [0.15, 0.2) is 0 Å². The fraction of sp³-hybridized carbons (Fsp3) is 1.00. The summed E-state index contributed by atoms with van der Waals surface area (Å²) in [5, 5.41) is 0. The molecule has 0 radical (unpaired) electrons. The Morgan fingerprint density at radius 3 is 1.39 bits per heavy atom. The lowest BCUT2D eigenvalue weighted by Crippen LogP contribution is -2.35. The summed E-state index contributed by atoms with van der Waals surface area (Å²) in [6.45, 7) is 8.71. The molecule has 0 unspecified atom stereocenters. The van der Waals surface area contributed by atoms with Crippen molar-refractivity contribution in [3.8, 4) is 0 Å². The maximum Gasteiger partial charge on any atom is 0.0780 e. The van der Waals surface area contributed by atoms with Crippen molar-refractivity contribution < 1.29 is 4.48 Å². The van der Waals surface area contributed by atoms with Crippen LogP contribution in [0.25, 0.3) is 0 Å². The molecule has 0 atom stereocenters. The lowest BCUT2D eigenvalue weighted by atomic mass is 10.1. The van der Waals surface area contributed by atoms with Gasteiger partial charge in [-0.1, -0.05) is 25.7 Å². The summed E-state index contributed by atoms with van der Waals surface area (Å²) in [6.07, 6.45) is 13.1. The quantitative estimate of drug-likeness (QED) is 0.291. The van der Waals surface area contributed by atoms with Crippen LogP contribution < -0.4 is 0 Å². The van der Waals surface area contributed by atoms with E-state index in [1.807, 2.05) is 0 Å². The van der Waals surface area contributed by atoms with Crippen LogP contribution in [0, 0.1) is 0 Å². The summed E-state index contributed by atoms with van der Waals surface area (Å²) in [4.78, 5) is 0. The van der Waals surface area contributed by atoms with E-state index in [2.05, 4.69) is 41.1 Å². The predicted molar refractivity (Wildman–Crippen MR) is 89.4 cm³/mol. The molecule has 0 aliphatic rings. The Hall–Kier alpha value is 0.390. The molecule has 0 saturated heterocycles. The Labute approximate surface area is 117 Å². The Bertz CT molecular complexity index is 166. The molecule has 0 heterocycles. The zero-order valence-corrected chi connectivity index (χ0v) is 14.9. The molecule has 0 aromatic heterocycles. The molecule has 0 rings (SSSR count). The number of hydrogen-bond acceptors (Lipinski definition) is 0. The maximum atomic E-state index is 2.46. The van der Waals surface area contributed by atoms with Crippen LogP contribution in [0.15, 0.2) is 0 Å². The Balaban J connectivity index is 3.13. The first-order valence-corrected chi connectivity index (χ1v) is 11.1. The number of unbranched alkanes of at least 4 members (excludes halogenated alkanes) is 7. The van der Waals surface area contributed by atoms with E-state index in [-0.39, 0.29) is 0 Å². The third kappa shape index (κ3) is 16.4. The van der Waals surface area contributed by atoms with Gasteiger partial charge in [-0.3, -0.25) is 0 Å². The molecular weight excluding hydrogens is 237 g/mol. The first kappa shape index (κ1) is 18.4. The third-order valence-electron chi connectivity index (χ3n) is 3.41. The van der Waals surface area contributed by atoms with Crippen LogP contribution in [0.2, 0.25) is 0 Å². The van der Waals surface area contributed by atoms with Crippen molar-refractivity contribution in [2.24, 2.45) is 0 Å². The van der Waals surface area contributed by atoms with E-state index < -0.39 is 7.26 Å². The first-order valence-electron chi connectivity index (χ1n) is 7.82. The molecule has 0 aromatic rings. The van der Waals surface area contributed by atoms with E-state index in [0.29, 0.717) is 0 Å². The SMILES string of the molecule is C[N+](C)(C)CCCCCCCCCC[P+](C)(C)C. The van der Waals surface area contributed by atoms with Crippen molar-refractivity contribution in [2.45, 2.75) is 51.4 Å². The van der Waals surface area contributed by atoms with E-state index in [1.165, 1.54) is 64.1 Å². The van der Waals surface area contributed by atoms with Gasteiger partial charge in [-0.2, -0.15) is 0 Å². The monoisotopic (exact) mass is 275 g/mol. The topological polar surface area (TPSA) is 0 Å². The summed E-state index contributed by atoms with van der Waals surface area (Å²) in [5.74, 6) is 0. The van der Waals surface area contributed by atoms with Gasteiger partial charge in [-0.05, 0) is 25.7 Å². The fourth-order valence-corrected chi connectivity index (χ4v) is 3.41. The molecule has 0 bridgehead atoms. The molecule has 0 spiro atoms. The minimum atomic E-state index is -0.504. The van der Waals surface area contributed by atoms with E-state index >= 15 is 0 Å². The lowest BCUT2D eigenvalue weighted by Gasteiger charge is -2.23. The number of quaternary nitrogens is 1. The maximum absolute atomic E-state index is 2.46. The zero-order chi connectivity index (χ0) is 14.1. The standard InChI is InChI=1S/C16H38NP/c1-17(2,3)15-13-11-9-7-8-10-12-14-16-18(4,5)6/h7-16H2,1-6H3/q+2. The van der Waals surface area contributed by atoms with Crippen molar-refractivity contribution in [3.63, 3.8) is 0 Å². The van der Waals surface area contributed by atoms with Crippen LogP contribution in [0.5, 0.6) is 0 Å². The van der Waals surface area contributed by atoms with Crippen molar-refractivity contribution in [1.29, 1.82) is 0 Å². The highest BCUT2D eigenvalue weighted by molar-refractivity contribution is 7.73. The minimum Gasteiger partial charge on any atom is -0.331 e. The minimum absolute atomic E-state index is 0.504. The summed E-state index contributed by atoms with van der Waals surface area (Å²) >= 11 is 0. The van der Waals surface area contributed by atoms with E-state index in [9.17, 15) is 0 Å². The van der Waals surface area contributed by atoms with Gasteiger partial charge in [-0.25, -0.2) is 0 Å². The van der Waals surface area contributed by atoms with Crippen LogP contribution >= 0.6 is 7.26 Å². The van der Waals surface area contributed by atoms with Gasteiger partial charge < -0.3 is 4.48 Å². The highest BCUT2D eigenvalue weighted by atomic mass is 31.2. The number of nitrogens with zero attached hydrogens (tertiary/aromatic N) is 1. The molecule has 1 nitrogen and oxygen atoms in total. The van der Waals surface area contributed by atoms with E-state index in [1.54, 1.807) is 0 Å². The van der Waals surface area contributed by atoms with Gasteiger partial charge in [0, 0.05) is 27.3 Å². The second-order valence-corrected chi connectivity index (χ2v) is 12.9. The summed E-state index contributed by atoms with van der Waals surface area (Å²) < 4.78 is 1.12. The smallest absolute Gasteiger partial charge is 0.0780 e. The van der Waals surface area contributed by atoms with Crippen LogP contribution in [-0.2, 0) is 0 Å². The van der Waals surface area contributed by atoms with Gasteiger partial charge in [0.1, 0.15) is 0 Å². The van der Waals surface area contributed by atoms with Gasteiger partial charge in [-0.15, -0.1) is 0 Å². The van der Waals surface area contributed by atoms with Gasteiger partial charge in [0.2, 0.25) is 0 Å². The largest absolute Gasteiger partial charge is 0.331 e. The second-order valence-electron chi connectivity index (χ2n) is 7.86. The van der Waals surface area contributed by atoms with Crippen LogP contribution in [-0.4, -0.2) is 58.3 Å². The van der Waals surface area contributed by atoms with Crippen molar-refractivity contribution in [1.82, 2.24) is 0 Å². The van der Waals surface area contributed by atoms with E-state index in [4.69, 9.17) is 0 Å². The molecule has 0 saturated carbocycles.